The summed E-state index contributed by atoms with van der Waals surface area (Å²) in [5.74, 6) is 2.53. The van der Waals surface area contributed by atoms with Crippen LogP contribution in [0.1, 0.15) is 130 Å². The summed E-state index contributed by atoms with van der Waals surface area (Å²) >= 11 is 0. The number of hydrogen-bond donors (Lipinski definition) is 0. The van der Waals surface area contributed by atoms with Crippen molar-refractivity contribution < 1.29 is 4.79 Å². The van der Waals surface area contributed by atoms with Crippen molar-refractivity contribution in [1.29, 1.82) is 0 Å². The van der Waals surface area contributed by atoms with Gasteiger partial charge in [-0.2, -0.15) is 0 Å². The van der Waals surface area contributed by atoms with Gasteiger partial charge >= 0.3 is 0 Å². The van der Waals surface area contributed by atoms with Crippen LogP contribution in [0.3, 0.4) is 0 Å². The molecule has 0 radical (unpaired) electrons. The fourth-order valence-electron chi connectivity index (χ4n) is 8.68. The number of aryl methyl sites for hydroxylation is 2. The number of allylic oxidation sites excluding steroid dienone is 4. The van der Waals surface area contributed by atoms with Crippen LogP contribution < -0.4 is 0 Å². The molecule has 0 bridgehead atoms. The maximum absolute atomic E-state index is 12.6. The molecule has 0 amide bonds. The van der Waals surface area contributed by atoms with Crippen LogP contribution in [0, 0.1) is 37.0 Å². The third kappa shape index (κ3) is 7.20. The van der Waals surface area contributed by atoms with E-state index in [1.165, 1.54) is 79.6 Å². The van der Waals surface area contributed by atoms with Crippen molar-refractivity contribution >= 4 is 23.0 Å². The van der Waals surface area contributed by atoms with Gasteiger partial charge < -0.3 is 0 Å². The predicted molar refractivity (Wildman–Crippen MR) is 203 cm³/mol. The van der Waals surface area contributed by atoms with Crippen LogP contribution >= 0.6 is 0 Å². The average molecular weight is 625 g/mol. The first-order valence-electron chi connectivity index (χ1n) is 18.2. The normalized spacial score (nSPS) is 23.2. The Morgan fingerprint density at radius 2 is 1.64 bits per heavy atom. The number of fused-ring (bicyclic) bond motifs is 3. The maximum Gasteiger partial charge on any atom is 0.136 e. The second-order valence-corrected chi connectivity index (χ2v) is 16.9. The number of Topliss-reactive ketones (excluding diaryl/α,β-unsaturated/α-hetero) is 1. The van der Waals surface area contributed by atoms with E-state index in [0.717, 1.165) is 38.5 Å². The van der Waals surface area contributed by atoms with E-state index in [-0.39, 0.29) is 0 Å². The molecule has 0 N–H and O–H groups in total. The zero-order valence-corrected chi connectivity index (χ0v) is 30.4. The topological polar surface area (TPSA) is 17.1 Å². The highest BCUT2D eigenvalue weighted by Crippen LogP contribution is 2.50. The van der Waals surface area contributed by atoms with Gasteiger partial charge in [-0.25, -0.2) is 0 Å². The molecule has 0 saturated heterocycles. The lowest BCUT2D eigenvalue weighted by atomic mass is 9.65. The summed E-state index contributed by atoms with van der Waals surface area (Å²) in [6.07, 6.45) is 13.5. The molecule has 0 aliphatic heterocycles. The smallest absolute Gasteiger partial charge is 0.136 e. The molecule has 0 heterocycles. The molecule has 1 nitrogen and oxygen atoms in total. The minimum atomic E-state index is 0.336. The molecule has 3 aromatic carbocycles. The number of carbonyl (C=O) groups is 1. The number of ketones is 1. The van der Waals surface area contributed by atoms with Crippen LogP contribution in [0.5, 0.6) is 0 Å². The Morgan fingerprint density at radius 1 is 0.936 bits per heavy atom. The molecule has 0 spiro atoms. The fourth-order valence-corrected chi connectivity index (χ4v) is 8.68. The van der Waals surface area contributed by atoms with Gasteiger partial charge in [0.2, 0.25) is 0 Å². The largest absolute Gasteiger partial charge is 0.299 e. The second-order valence-electron chi connectivity index (χ2n) is 16.9. The third-order valence-corrected chi connectivity index (χ3v) is 10.8. The monoisotopic (exact) mass is 624 g/mol. The Balaban J connectivity index is 0.000000720. The summed E-state index contributed by atoms with van der Waals surface area (Å²) < 4.78 is 0. The molecule has 0 aromatic heterocycles. The van der Waals surface area contributed by atoms with Gasteiger partial charge in [-0.3, -0.25) is 4.79 Å². The Hall–Kier alpha value is -3.45. The molecule has 4 aliphatic carbocycles. The van der Waals surface area contributed by atoms with Gasteiger partial charge in [0.05, 0.1) is 0 Å². The molecular formula is C46H56O. The molecule has 246 valence electrons. The second kappa shape index (κ2) is 13.2. The van der Waals surface area contributed by atoms with Crippen LogP contribution in [0.4, 0.5) is 0 Å². The lowest BCUT2D eigenvalue weighted by molar-refractivity contribution is -0.128. The first-order valence-corrected chi connectivity index (χ1v) is 18.2. The van der Waals surface area contributed by atoms with Crippen molar-refractivity contribution in [3.63, 3.8) is 0 Å². The van der Waals surface area contributed by atoms with E-state index < -0.39 is 0 Å². The van der Waals surface area contributed by atoms with Crippen LogP contribution in [-0.2, 0) is 17.6 Å². The van der Waals surface area contributed by atoms with Crippen molar-refractivity contribution in [3.8, 4) is 11.1 Å². The Kier molecular flexibility index (Phi) is 9.41. The first kappa shape index (κ1) is 33.5. The molecule has 4 aliphatic rings. The lowest BCUT2D eigenvalue weighted by Gasteiger charge is -2.39. The van der Waals surface area contributed by atoms with Crippen molar-refractivity contribution in [1.82, 2.24) is 0 Å². The highest BCUT2D eigenvalue weighted by atomic mass is 16.1. The van der Waals surface area contributed by atoms with Crippen molar-refractivity contribution in [3.05, 3.63) is 111 Å². The number of rotatable bonds is 5. The van der Waals surface area contributed by atoms with E-state index in [2.05, 4.69) is 123 Å². The van der Waals surface area contributed by atoms with Gasteiger partial charge in [0, 0.05) is 18.3 Å². The minimum Gasteiger partial charge on any atom is -0.299 e. The molecule has 7 rings (SSSR count). The summed E-state index contributed by atoms with van der Waals surface area (Å²) in [6.45, 7) is 22.0. The molecule has 3 unspecified atom stereocenters. The highest BCUT2D eigenvalue weighted by Gasteiger charge is 2.39. The summed E-state index contributed by atoms with van der Waals surface area (Å²) in [7, 11) is 0. The summed E-state index contributed by atoms with van der Waals surface area (Å²) in [6, 6.07) is 18.8. The van der Waals surface area contributed by atoms with Crippen LogP contribution in [0.25, 0.3) is 28.3 Å². The Morgan fingerprint density at radius 3 is 2.34 bits per heavy atom. The standard InChI is InChI=1S/C41H44O.C5H12/c1-24(2)17-36-26(4)18-33-21-32(23-38(33)41(36)28-11-9-25(3)10-12-28)29-13-15-34-27(5)19-37(39(34)22-29)31-14-16-35-30(20-31)7-6-8-40(35)42;1-5(2,3)4/h9-13,15,18-19,21-22,27,30-31,35H,1,6-8,14,16-17,20,23H2,2-5H3;1-4H3/t27?,30-,31?,35?;/m1./s1. The van der Waals surface area contributed by atoms with E-state index in [1.807, 2.05) is 0 Å². The summed E-state index contributed by atoms with van der Waals surface area (Å²) in [5.41, 5.74) is 18.6. The van der Waals surface area contributed by atoms with Gasteiger partial charge in [-0.1, -0.05) is 107 Å². The molecule has 47 heavy (non-hydrogen) atoms. The maximum atomic E-state index is 12.6. The molecule has 2 saturated carbocycles. The van der Waals surface area contributed by atoms with Crippen LogP contribution in [-0.4, -0.2) is 5.78 Å². The highest BCUT2D eigenvalue weighted by molar-refractivity contribution is 5.94. The minimum absolute atomic E-state index is 0.336. The van der Waals surface area contributed by atoms with Gasteiger partial charge in [0.15, 0.2) is 0 Å². The fraction of sp³-hybridized carbons (Fsp3) is 0.457. The first-order chi connectivity index (χ1) is 22.3. The van der Waals surface area contributed by atoms with Gasteiger partial charge in [-0.05, 0) is 150 Å². The number of carbonyl (C=O) groups excluding carboxylic acids is 1. The van der Waals surface area contributed by atoms with E-state index in [1.54, 1.807) is 5.57 Å². The lowest BCUT2D eigenvalue weighted by Crippen LogP contribution is -2.34. The molecule has 4 atom stereocenters. The van der Waals surface area contributed by atoms with Crippen LogP contribution in [0.2, 0.25) is 0 Å². The zero-order valence-electron chi connectivity index (χ0n) is 30.4. The van der Waals surface area contributed by atoms with Gasteiger partial charge in [-0.15, -0.1) is 0 Å². The number of benzene rings is 3. The average Bonchev–Trinajstić information content (AvgIpc) is 3.57. The van der Waals surface area contributed by atoms with E-state index in [0.29, 0.717) is 34.9 Å². The van der Waals surface area contributed by atoms with Crippen molar-refractivity contribution in [2.24, 2.45) is 23.2 Å². The van der Waals surface area contributed by atoms with E-state index in [4.69, 9.17) is 0 Å². The SMILES string of the molecule is C=C(C)Cc1c(C)cc2c(c1-c1ccc(C)cc1)CC(c1ccc3c(c1)C(C1CCC4C(=O)CCC[C@@H]4C1)=CC3C)=C2.CC(C)(C)C. The zero-order chi connectivity index (χ0) is 33.6. The predicted octanol–water partition coefficient (Wildman–Crippen LogP) is 12.5. The van der Waals surface area contributed by atoms with E-state index >= 15 is 0 Å². The van der Waals surface area contributed by atoms with Gasteiger partial charge in [0.1, 0.15) is 5.78 Å². The summed E-state index contributed by atoms with van der Waals surface area (Å²) in [5, 5.41) is 0. The third-order valence-electron chi connectivity index (χ3n) is 10.8. The van der Waals surface area contributed by atoms with Crippen molar-refractivity contribution in [2.45, 2.75) is 113 Å². The van der Waals surface area contributed by atoms with Crippen LogP contribution in [0.15, 0.2) is 66.8 Å². The van der Waals surface area contributed by atoms with Gasteiger partial charge in [0.25, 0.3) is 0 Å². The quantitative estimate of drug-likeness (QED) is 0.258. The Labute approximate surface area is 285 Å². The molecule has 1 heteroatoms. The molecule has 2 fully saturated rings. The summed E-state index contributed by atoms with van der Waals surface area (Å²) in [4.78, 5) is 12.6. The van der Waals surface area contributed by atoms with E-state index in [9.17, 15) is 4.79 Å². The number of hydrogen-bond acceptors (Lipinski definition) is 1. The Bertz CT molecular complexity index is 1750. The van der Waals surface area contributed by atoms with Crippen molar-refractivity contribution in [2.75, 3.05) is 0 Å². The molecular weight excluding hydrogens is 569 g/mol. The molecule has 3 aromatic rings.